The normalized spacial score (nSPS) is 16.1. The van der Waals surface area contributed by atoms with E-state index in [0.29, 0.717) is 17.1 Å². The van der Waals surface area contributed by atoms with E-state index in [9.17, 15) is 19.2 Å². The van der Waals surface area contributed by atoms with Crippen molar-refractivity contribution in [3.8, 4) is 11.5 Å². The Labute approximate surface area is 203 Å². The summed E-state index contributed by atoms with van der Waals surface area (Å²) >= 11 is 0. The van der Waals surface area contributed by atoms with Crippen LogP contribution in [0.5, 0.6) is 11.5 Å². The van der Waals surface area contributed by atoms with Crippen molar-refractivity contribution in [1.82, 2.24) is 10.4 Å². The fourth-order valence-electron chi connectivity index (χ4n) is 4.54. The molecule has 2 aliphatic rings. The van der Waals surface area contributed by atoms with Crippen LogP contribution in [-0.2, 0) is 14.4 Å². The average Bonchev–Trinajstić information content (AvgIpc) is 3.42. The smallest absolute Gasteiger partial charge is 0.329 e. The molecule has 1 saturated carbocycles. The molecule has 0 spiro atoms. The van der Waals surface area contributed by atoms with E-state index in [2.05, 4.69) is 10.3 Å². The van der Waals surface area contributed by atoms with Crippen molar-refractivity contribution < 1.29 is 33.5 Å². The number of hydroxylamine groups is 1. The van der Waals surface area contributed by atoms with E-state index in [0.717, 1.165) is 43.1 Å². The molecule has 0 bridgehead atoms. The number of rotatable bonds is 7. The zero-order valence-electron chi connectivity index (χ0n) is 20.0. The van der Waals surface area contributed by atoms with Crippen LogP contribution in [0.4, 0.5) is 0 Å². The number of nitrogens with zero attached hydrogens (tertiary/aromatic N) is 1. The molecule has 1 fully saturated rings. The predicted molar refractivity (Wildman–Crippen MR) is 125 cm³/mol. The van der Waals surface area contributed by atoms with Crippen molar-refractivity contribution in [3.63, 3.8) is 0 Å². The van der Waals surface area contributed by atoms with Crippen LogP contribution in [0.25, 0.3) is 0 Å². The lowest BCUT2D eigenvalue weighted by Crippen LogP contribution is -2.38. The molecular formula is C26H28N2O7. The Balaban J connectivity index is 1.71. The van der Waals surface area contributed by atoms with Gasteiger partial charge in [-0.3, -0.25) is 24.1 Å². The van der Waals surface area contributed by atoms with Crippen LogP contribution in [0.3, 0.4) is 0 Å². The Morgan fingerprint density at radius 1 is 1.03 bits per heavy atom. The summed E-state index contributed by atoms with van der Waals surface area (Å²) in [4.78, 5) is 56.1. The molecular weight excluding hydrogens is 452 g/mol. The summed E-state index contributed by atoms with van der Waals surface area (Å²) in [6, 6.07) is 9.16. The number of benzene rings is 2. The van der Waals surface area contributed by atoms with E-state index in [4.69, 9.17) is 9.47 Å². The van der Waals surface area contributed by atoms with Gasteiger partial charge in [-0.25, -0.2) is 0 Å². The van der Waals surface area contributed by atoms with Crippen molar-refractivity contribution >= 4 is 23.7 Å². The minimum Gasteiger partial charge on any atom is -0.493 e. The van der Waals surface area contributed by atoms with Crippen molar-refractivity contribution in [2.24, 2.45) is 0 Å². The topological polar surface area (TPSA) is 111 Å². The quantitative estimate of drug-likeness (QED) is 0.476. The number of carbonyl (C=O) groups excluding carboxylic acids is 4. The molecule has 0 aromatic heterocycles. The van der Waals surface area contributed by atoms with Crippen LogP contribution in [-0.4, -0.2) is 41.8 Å². The minimum atomic E-state index is -0.963. The lowest BCUT2D eigenvalue weighted by molar-refractivity contribution is -0.156. The Bertz CT molecular complexity index is 1170. The second-order valence-electron chi connectivity index (χ2n) is 8.80. The predicted octanol–water partition coefficient (Wildman–Crippen LogP) is 3.65. The van der Waals surface area contributed by atoms with Gasteiger partial charge in [0.2, 0.25) is 0 Å². The van der Waals surface area contributed by atoms with Crippen LogP contribution in [0.15, 0.2) is 36.4 Å². The van der Waals surface area contributed by atoms with Gasteiger partial charge in [0.05, 0.1) is 36.8 Å². The van der Waals surface area contributed by atoms with E-state index in [1.165, 1.54) is 7.11 Å². The van der Waals surface area contributed by atoms with Gasteiger partial charge < -0.3 is 14.3 Å². The summed E-state index contributed by atoms with van der Waals surface area (Å²) < 4.78 is 11.6. The van der Waals surface area contributed by atoms with Crippen molar-refractivity contribution in [1.29, 1.82) is 0 Å². The second-order valence-corrected chi connectivity index (χ2v) is 8.80. The largest absolute Gasteiger partial charge is 0.493 e. The molecule has 1 atom stereocenters. The Kier molecular flexibility index (Phi) is 7.04. The molecule has 1 aliphatic heterocycles. The van der Waals surface area contributed by atoms with Gasteiger partial charge >= 0.3 is 5.97 Å². The van der Waals surface area contributed by atoms with Crippen LogP contribution in [0.1, 0.15) is 76.9 Å². The highest BCUT2D eigenvalue weighted by Gasteiger charge is 2.41. The van der Waals surface area contributed by atoms with Crippen LogP contribution < -0.4 is 15.0 Å². The molecule has 35 heavy (non-hydrogen) atoms. The summed E-state index contributed by atoms with van der Waals surface area (Å²) in [5, 5.41) is 0. The summed E-state index contributed by atoms with van der Waals surface area (Å²) in [7, 11) is 1.53. The molecule has 2 aromatic rings. The highest BCUT2D eigenvalue weighted by molar-refractivity contribution is 6.21. The SMILES string of the molecule is COc1ccc(C(CC(=O)NOC(C)=O)N2C(=O)c3ccc(C)cc3C2=O)cc1OC1CCCC1. The number of carbonyl (C=O) groups is 4. The molecule has 1 N–H and O–H groups in total. The van der Waals surface area contributed by atoms with Crippen molar-refractivity contribution in [3.05, 3.63) is 58.7 Å². The zero-order chi connectivity index (χ0) is 25.1. The molecule has 3 amide bonds. The molecule has 1 aliphatic carbocycles. The molecule has 1 unspecified atom stereocenters. The van der Waals surface area contributed by atoms with Crippen LogP contribution >= 0.6 is 0 Å². The molecule has 184 valence electrons. The van der Waals surface area contributed by atoms with Gasteiger partial charge in [-0.05, 0) is 62.4 Å². The third kappa shape index (κ3) is 5.13. The number of ether oxygens (including phenoxy) is 2. The summed E-state index contributed by atoms with van der Waals surface area (Å²) in [5.41, 5.74) is 3.99. The number of aryl methyl sites for hydroxylation is 1. The van der Waals surface area contributed by atoms with E-state index in [-0.39, 0.29) is 23.7 Å². The Hall–Kier alpha value is -3.88. The standard InChI is InChI=1S/C26H28N2O7/c1-15-8-10-19-20(12-15)26(32)28(25(19)31)21(14-24(30)27-35-16(2)29)17-9-11-22(33-3)23(13-17)34-18-6-4-5-7-18/h8-13,18,21H,4-7,14H2,1-3H3,(H,27,30). The number of methoxy groups -OCH3 is 1. The third-order valence-electron chi connectivity index (χ3n) is 6.24. The highest BCUT2D eigenvalue weighted by atomic mass is 16.7. The van der Waals surface area contributed by atoms with E-state index in [1.807, 2.05) is 6.92 Å². The molecule has 9 nitrogen and oxygen atoms in total. The first-order valence-corrected chi connectivity index (χ1v) is 11.6. The summed E-state index contributed by atoms with van der Waals surface area (Å²) in [6.45, 7) is 2.99. The highest BCUT2D eigenvalue weighted by Crippen LogP contribution is 2.39. The maximum Gasteiger partial charge on any atom is 0.329 e. The third-order valence-corrected chi connectivity index (χ3v) is 6.24. The maximum absolute atomic E-state index is 13.3. The molecule has 0 saturated heterocycles. The summed E-state index contributed by atoms with van der Waals surface area (Å²) in [6.07, 6.45) is 3.76. The van der Waals surface area contributed by atoms with Gasteiger partial charge in [-0.1, -0.05) is 17.7 Å². The maximum atomic E-state index is 13.3. The molecule has 0 radical (unpaired) electrons. The van der Waals surface area contributed by atoms with Gasteiger partial charge in [-0.2, -0.15) is 5.48 Å². The van der Waals surface area contributed by atoms with Crippen LogP contribution in [0, 0.1) is 6.92 Å². The monoisotopic (exact) mass is 480 g/mol. The van der Waals surface area contributed by atoms with E-state index < -0.39 is 29.7 Å². The van der Waals surface area contributed by atoms with E-state index >= 15 is 0 Å². The first kappa shape index (κ1) is 24.3. The second kappa shape index (κ2) is 10.2. The summed E-state index contributed by atoms with van der Waals surface area (Å²) in [5.74, 6) is -1.34. The lowest BCUT2D eigenvalue weighted by atomic mass is 10.0. The molecule has 2 aromatic carbocycles. The lowest BCUT2D eigenvalue weighted by Gasteiger charge is -2.27. The fraction of sp³-hybridized carbons (Fsp3) is 0.385. The van der Waals surface area contributed by atoms with Gasteiger partial charge in [0.25, 0.3) is 17.7 Å². The number of nitrogens with one attached hydrogen (secondary N) is 1. The van der Waals surface area contributed by atoms with E-state index in [1.54, 1.807) is 36.4 Å². The number of fused-ring (bicyclic) bond motifs is 1. The number of imide groups is 1. The Morgan fingerprint density at radius 2 is 1.74 bits per heavy atom. The van der Waals surface area contributed by atoms with Gasteiger partial charge in [0.1, 0.15) is 0 Å². The van der Waals surface area contributed by atoms with Crippen molar-refractivity contribution in [2.45, 2.75) is 58.1 Å². The van der Waals surface area contributed by atoms with Crippen LogP contribution in [0.2, 0.25) is 0 Å². The Morgan fingerprint density at radius 3 is 2.43 bits per heavy atom. The zero-order valence-corrected chi connectivity index (χ0v) is 20.0. The van der Waals surface area contributed by atoms with Gasteiger partial charge in [-0.15, -0.1) is 0 Å². The molecule has 1 heterocycles. The molecule has 4 rings (SSSR count). The number of hydrogen-bond donors (Lipinski definition) is 1. The minimum absolute atomic E-state index is 0.0483. The first-order valence-electron chi connectivity index (χ1n) is 11.6. The number of hydrogen-bond acceptors (Lipinski definition) is 7. The number of amides is 3. The first-order chi connectivity index (χ1) is 16.8. The van der Waals surface area contributed by atoms with Gasteiger partial charge in [0.15, 0.2) is 11.5 Å². The molecule has 9 heteroatoms. The van der Waals surface area contributed by atoms with Crippen molar-refractivity contribution in [2.75, 3.05) is 7.11 Å². The van der Waals surface area contributed by atoms with Gasteiger partial charge in [0, 0.05) is 6.92 Å². The average molecular weight is 481 g/mol. The fourth-order valence-corrected chi connectivity index (χ4v) is 4.54.